The number of nitrogens with zero attached hydrogens (tertiary/aromatic N) is 3. The van der Waals surface area contributed by atoms with Crippen LogP contribution in [0.4, 0.5) is 0 Å². The van der Waals surface area contributed by atoms with E-state index in [1.54, 1.807) is 0 Å². The van der Waals surface area contributed by atoms with E-state index in [0.29, 0.717) is 25.3 Å². The molecule has 1 aromatic rings. The molecule has 0 spiro atoms. The molecule has 2 aliphatic carbocycles. The summed E-state index contributed by atoms with van der Waals surface area (Å²) >= 11 is 0. The Morgan fingerprint density at radius 2 is 2.00 bits per heavy atom. The maximum Gasteiger partial charge on any atom is 0.167 e. The van der Waals surface area contributed by atoms with Gasteiger partial charge in [0.05, 0.1) is 36.0 Å². The summed E-state index contributed by atoms with van der Waals surface area (Å²) in [5.41, 5.74) is 3.02. The normalized spacial score (nSPS) is 21.4. The Labute approximate surface area is 132 Å². The fourth-order valence-electron chi connectivity index (χ4n) is 4.04. The molecule has 0 aliphatic heterocycles. The Hall–Kier alpha value is -1.63. The summed E-state index contributed by atoms with van der Waals surface area (Å²) in [4.78, 5) is 12.7. The quantitative estimate of drug-likeness (QED) is 0.847. The number of ketones is 1. The van der Waals surface area contributed by atoms with Crippen molar-refractivity contribution in [3.63, 3.8) is 0 Å². The van der Waals surface area contributed by atoms with Crippen LogP contribution in [0.3, 0.4) is 0 Å². The summed E-state index contributed by atoms with van der Waals surface area (Å²) in [7, 11) is 0. The van der Waals surface area contributed by atoms with Crippen molar-refractivity contribution in [2.45, 2.75) is 77.7 Å². The van der Waals surface area contributed by atoms with Gasteiger partial charge in [0.15, 0.2) is 5.78 Å². The lowest BCUT2D eigenvalue weighted by molar-refractivity contribution is 0.0908. The van der Waals surface area contributed by atoms with Gasteiger partial charge in [0.1, 0.15) is 0 Å². The average Bonchev–Trinajstić information content (AvgIpc) is 2.83. The summed E-state index contributed by atoms with van der Waals surface area (Å²) < 4.78 is 1.96. The first-order chi connectivity index (χ1) is 10.5. The van der Waals surface area contributed by atoms with Crippen LogP contribution in [0.15, 0.2) is 0 Å². The zero-order valence-electron chi connectivity index (χ0n) is 13.7. The Kier molecular flexibility index (Phi) is 4.08. The molecule has 118 valence electrons. The number of fused-ring (bicyclic) bond motifs is 1. The third-order valence-corrected chi connectivity index (χ3v) is 5.08. The van der Waals surface area contributed by atoms with E-state index >= 15 is 0 Å². The van der Waals surface area contributed by atoms with E-state index in [0.717, 1.165) is 36.2 Å². The monoisotopic (exact) mass is 299 g/mol. The first kappa shape index (κ1) is 15.3. The molecule has 4 heteroatoms. The molecule has 1 fully saturated rings. The number of aryl methyl sites for hydroxylation is 1. The van der Waals surface area contributed by atoms with Gasteiger partial charge in [-0.05, 0) is 24.7 Å². The molecule has 1 saturated carbocycles. The molecule has 0 saturated heterocycles. The first-order valence-corrected chi connectivity index (χ1v) is 8.51. The Morgan fingerprint density at radius 3 is 2.68 bits per heavy atom. The van der Waals surface area contributed by atoms with E-state index < -0.39 is 0 Å². The smallest absolute Gasteiger partial charge is 0.167 e. The van der Waals surface area contributed by atoms with Crippen LogP contribution in [0.1, 0.15) is 86.5 Å². The van der Waals surface area contributed by atoms with Crippen molar-refractivity contribution < 1.29 is 4.79 Å². The number of carbonyl (C=O) groups excluding carboxylic acids is 1. The van der Waals surface area contributed by atoms with Gasteiger partial charge < -0.3 is 0 Å². The summed E-state index contributed by atoms with van der Waals surface area (Å²) in [6.07, 6.45) is 8.04. The molecule has 0 radical (unpaired) electrons. The lowest BCUT2D eigenvalue weighted by Crippen LogP contribution is -2.28. The van der Waals surface area contributed by atoms with Crippen molar-refractivity contribution in [3.8, 4) is 6.07 Å². The van der Waals surface area contributed by atoms with Gasteiger partial charge in [-0.3, -0.25) is 9.48 Å². The average molecular weight is 299 g/mol. The van der Waals surface area contributed by atoms with Crippen LogP contribution in [-0.4, -0.2) is 15.6 Å². The van der Waals surface area contributed by atoms with E-state index in [4.69, 9.17) is 10.4 Å². The molecule has 3 rings (SSSR count). The number of carbonyl (C=O) groups is 1. The second-order valence-electron chi connectivity index (χ2n) is 7.61. The molecule has 0 atom stereocenters. The highest BCUT2D eigenvalue weighted by Crippen LogP contribution is 2.41. The molecule has 0 N–H and O–H groups in total. The van der Waals surface area contributed by atoms with Gasteiger partial charge in [-0.2, -0.15) is 10.4 Å². The Bertz CT molecular complexity index is 615. The predicted octanol–water partition coefficient (Wildman–Crippen LogP) is 4.00. The second kappa shape index (κ2) is 5.87. The number of nitriles is 1. The summed E-state index contributed by atoms with van der Waals surface area (Å²) in [6.45, 7) is 4.90. The van der Waals surface area contributed by atoms with Gasteiger partial charge in [0.25, 0.3) is 0 Å². The van der Waals surface area contributed by atoms with Gasteiger partial charge in [-0.15, -0.1) is 0 Å². The van der Waals surface area contributed by atoms with Crippen LogP contribution in [0.25, 0.3) is 0 Å². The first-order valence-electron chi connectivity index (χ1n) is 8.51. The largest absolute Gasteiger partial charge is 0.294 e. The topological polar surface area (TPSA) is 58.7 Å². The summed E-state index contributed by atoms with van der Waals surface area (Å²) in [5, 5.41) is 13.7. The molecule has 0 bridgehead atoms. The SMILES string of the molecule is CC1(C)CC(=O)c2c(C3CCCCC3)nn(CCC#N)c2C1. The summed E-state index contributed by atoms with van der Waals surface area (Å²) in [6, 6.07) is 2.20. The number of hydrogen-bond donors (Lipinski definition) is 0. The van der Waals surface area contributed by atoms with Gasteiger partial charge in [-0.1, -0.05) is 33.1 Å². The standard InChI is InChI=1S/C18H25N3O/c1-18(2)11-14-16(15(22)12-18)17(13-7-4-3-5-8-13)20-21(14)10-6-9-19/h13H,3-8,10-12H2,1-2H3. The molecular weight excluding hydrogens is 274 g/mol. The van der Waals surface area contributed by atoms with Gasteiger partial charge in [0.2, 0.25) is 0 Å². The molecule has 0 aromatic carbocycles. The second-order valence-corrected chi connectivity index (χ2v) is 7.61. The van der Waals surface area contributed by atoms with Crippen molar-refractivity contribution in [2.24, 2.45) is 5.41 Å². The zero-order valence-corrected chi connectivity index (χ0v) is 13.7. The van der Waals surface area contributed by atoms with E-state index in [-0.39, 0.29) is 11.2 Å². The number of aromatic nitrogens is 2. The number of Topliss-reactive ketones (excluding diaryl/α,β-unsaturated/α-hetero) is 1. The highest BCUT2D eigenvalue weighted by atomic mass is 16.1. The van der Waals surface area contributed by atoms with Crippen LogP contribution in [-0.2, 0) is 13.0 Å². The highest BCUT2D eigenvalue weighted by Gasteiger charge is 2.38. The highest BCUT2D eigenvalue weighted by molar-refractivity contribution is 6.00. The Balaban J connectivity index is 2.02. The lowest BCUT2D eigenvalue weighted by Gasteiger charge is -2.30. The molecule has 2 aliphatic rings. The molecule has 1 aromatic heterocycles. The minimum absolute atomic E-state index is 0.00164. The minimum Gasteiger partial charge on any atom is -0.294 e. The van der Waals surface area contributed by atoms with Crippen molar-refractivity contribution in [3.05, 3.63) is 17.0 Å². The molecule has 22 heavy (non-hydrogen) atoms. The zero-order chi connectivity index (χ0) is 15.7. The van der Waals surface area contributed by atoms with E-state index in [1.807, 2.05) is 4.68 Å². The third-order valence-electron chi connectivity index (χ3n) is 5.08. The fraction of sp³-hybridized carbons (Fsp3) is 0.722. The maximum absolute atomic E-state index is 12.7. The van der Waals surface area contributed by atoms with Crippen molar-refractivity contribution >= 4 is 5.78 Å². The van der Waals surface area contributed by atoms with Crippen LogP contribution in [0.5, 0.6) is 0 Å². The molecular formula is C18H25N3O. The minimum atomic E-state index is -0.00164. The lowest BCUT2D eigenvalue weighted by atomic mass is 9.74. The van der Waals surface area contributed by atoms with E-state index in [1.165, 1.54) is 19.3 Å². The van der Waals surface area contributed by atoms with Gasteiger partial charge in [-0.25, -0.2) is 0 Å². The molecule has 0 unspecified atom stereocenters. The molecule has 1 heterocycles. The Morgan fingerprint density at radius 1 is 1.27 bits per heavy atom. The fourth-order valence-corrected chi connectivity index (χ4v) is 4.04. The van der Waals surface area contributed by atoms with Crippen LogP contribution in [0, 0.1) is 16.7 Å². The summed E-state index contributed by atoms with van der Waals surface area (Å²) in [5.74, 6) is 0.700. The number of rotatable bonds is 3. The van der Waals surface area contributed by atoms with Crippen molar-refractivity contribution in [1.29, 1.82) is 5.26 Å². The van der Waals surface area contributed by atoms with Gasteiger partial charge >= 0.3 is 0 Å². The van der Waals surface area contributed by atoms with Crippen LogP contribution in [0.2, 0.25) is 0 Å². The van der Waals surface area contributed by atoms with E-state index in [2.05, 4.69) is 19.9 Å². The van der Waals surface area contributed by atoms with Crippen molar-refractivity contribution in [1.82, 2.24) is 9.78 Å². The predicted molar refractivity (Wildman–Crippen MR) is 84.7 cm³/mol. The maximum atomic E-state index is 12.7. The van der Waals surface area contributed by atoms with E-state index in [9.17, 15) is 4.79 Å². The van der Waals surface area contributed by atoms with Crippen LogP contribution >= 0.6 is 0 Å². The van der Waals surface area contributed by atoms with Gasteiger partial charge in [0, 0.05) is 12.3 Å². The molecule has 0 amide bonds. The van der Waals surface area contributed by atoms with Crippen molar-refractivity contribution in [2.75, 3.05) is 0 Å². The molecule has 4 nitrogen and oxygen atoms in total. The van der Waals surface area contributed by atoms with Crippen LogP contribution < -0.4 is 0 Å². The third kappa shape index (κ3) is 2.82. The number of hydrogen-bond acceptors (Lipinski definition) is 3.